The van der Waals surface area contributed by atoms with Crippen LogP contribution in [-0.4, -0.2) is 18.1 Å². The molecule has 2 aromatic rings. The van der Waals surface area contributed by atoms with Crippen molar-refractivity contribution >= 4 is 6.08 Å². The van der Waals surface area contributed by atoms with Crippen molar-refractivity contribution in [2.45, 2.75) is 52.1 Å². The summed E-state index contributed by atoms with van der Waals surface area (Å²) in [5, 5.41) is 3.46. The average molecular weight is 367 g/mol. The summed E-state index contributed by atoms with van der Waals surface area (Å²) >= 11 is 0. The highest BCUT2D eigenvalue weighted by Crippen LogP contribution is 2.12. The van der Waals surface area contributed by atoms with Gasteiger partial charge in [0.1, 0.15) is 12.4 Å². The Hall–Kier alpha value is -2.26. The van der Waals surface area contributed by atoms with E-state index in [9.17, 15) is 0 Å². The van der Waals surface area contributed by atoms with Gasteiger partial charge in [-0.15, -0.1) is 0 Å². The summed E-state index contributed by atoms with van der Waals surface area (Å²) in [5.41, 5.74) is 3.61. The number of benzene rings is 1. The molecule has 2 rings (SSSR count). The van der Waals surface area contributed by atoms with Gasteiger partial charge in [-0.05, 0) is 68.1 Å². The molecule has 27 heavy (non-hydrogen) atoms. The maximum Gasteiger partial charge on any atom is 0.113 e. The predicted octanol–water partition coefficient (Wildman–Crippen LogP) is 5.86. The van der Waals surface area contributed by atoms with E-state index in [-0.39, 0.29) is 0 Å². The first-order valence-electron chi connectivity index (χ1n) is 10.2. The summed E-state index contributed by atoms with van der Waals surface area (Å²) in [6.07, 6.45) is 13.6. The number of rotatable bonds is 14. The standard InChI is InChI=1S/C24H34N2O/c1-3-16-25-17-10-5-4-7-13-23-18-24(26-19-23)15-14-21(2)27-20-22-11-8-6-9-12-22/h6,8-9,11-12,14-15,18-19,25-26H,2-5,7,10,13,16-17,20H2,1H3/b15-14-. The Morgan fingerprint density at radius 2 is 1.89 bits per heavy atom. The first-order chi connectivity index (χ1) is 13.3. The van der Waals surface area contributed by atoms with Gasteiger partial charge in [0.25, 0.3) is 0 Å². The number of aromatic nitrogens is 1. The van der Waals surface area contributed by atoms with Crippen molar-refractivity contribution < 1.29 is 4.74 Å². The Morgan fingerprint density at radius 3 is 2.70 bits per heavy atom. The molecule has 0 saturated carbocycles. The van der Waals surface area contributed by atoms with Gasteiger partial charge in [-0.1, -0.05) is 56.7 Å². The van der Waals surface area contributed by atoms with Gasteiger partial charge in [-0.2, -0.15) is 0 Å². The first-order valence-corrected chi connectivity index (χ1v) is 10.2. The average Bonchev–Trinajstić information content (AvgIpc) is 3.15. The molecule has 3 nitrogen and oxygen atoms in total. The second-order valence-corrected chi connectivity index (χ2v) is 6.95. The van der Waals surface area contributed by atoms with Gasteiger partial charge in [-0.3, -0.25) is 0 Å². The monoisotopic (exact) mass is 366 g/mol. The lowest BCUT2D eigenvalue weighted by molar-refractivity contribution is 0.213. The molecule has 146 valence electrons. The van der Waals surface area contributed by atoms with E-state index in [1.807, 2.05) is 30.4 Å². The van der Waals surface area contributed by atoms with Crippen molar-refractivity contribution in [2.24, 2.45) is 0 Å². The van der Waals surface area contributed by atoms with Crippen molar-refractivity contribution in [1.82, 2.24) is 10.3 Å². The van der Waals surface area contributed by atoms with Crippen molar-refractivity contribution in [1.29, 1.82) is 0 Å². The van der Waals surface area contributed by atoms with Gasteiger partial charge in [-0.25, -0.2) is 0 Å². The quantitative estimate of drug-likeness (QED) is 0.249. The minimum Gasteiger partial charge on any atom is -0.490 e. The Kier molecular flexibility index (Phi) is 10.1. The number of aryl methyl sites for hydroxylation is 1. The maximum absolute atomic E-state index is 5.68. The minimum absolute atomic E-state index is 0.550. The van der Waals surface area contributed by atoms with Crippen LogP contribution in [0.15, 0.2) is 61.0 Å². The van der Waals surface area contributed by atoms with Gasteiger partial charge in [0.15, 0.2) is 0 Å². The van der Waals surface area contributed by atoms with Gasteiger partial charge in [0, 0.05) is 11.9 Å². The summed E-state index contributed by atoms with van der Waals surface area (Å²) in [6.45, 7) is 9.02. The molecular weight excluding hydrogens is 332 g/mol. The molecule has 2 N–H and O–H groups in total. The van der Waals surface area contributed by atoms with Crippen molar-refractivity contribution in [2.75, 3.05) is 13.1 Å². The summed E-state index contributed by atoms with van der Waals surface area (Å²) in [4.78, 5) is 3.32. The smallest absolute Gasteiger partial charge is 0.113 e. The highest BCUT2D eigenvalue weighted by molar-refractivity contribution is 5.49. The van der Waals surface area contributed by atoms with Crippen molar-refractivity contribution in [3.05, 3.63) is 77.8 Å². The molecule has 0 saturated heterocycles. The molecule has 0 atom stereocenters. The largest absolute Gasteiger partial charge is 0.490 e. The van der Waals surface area contributed by atoms with E-state index < -0.39 is 0 Å². The van der Waals surface area contributed by atoms with Crippen LogP contribution >= 0.6 is 0 Å². The van der Waals surface area contributed by atoms with Crippen LogP contribution in [0.2, 0.25) is 0 Å². The number of aromatic amines is 1. The fraction of sp³-hybridized carbons (Fsp3) is 0.417. The molecule has 0 amide bonds. The number of unbranched alkanes of at least 4 members (excludes halogenated alkanes) is 3. The summed E-state index contributed by atoms with van der Waals surface area (Å²) in [5.74, 6) is 0.673. The van der Waals surface area contributed by atoms with Crippen LogP contribution in [0.25, 0.3) is 6.08 Å². The summed E-state index contributed by atoms with van der Waals surface area (Å²) in [6, 6.07) is 12.4. The third-order valence-corrected chi connectivity index (χ3v) is 4.48. The maximum atomic E-state index is 5.68. The number of hydrogen-bond donors (Lipinski definition) is 2. The molecule has 1 heterocycles. The van der Waals surface area contributed by atoms with Crippen LogP contribution in [0.4, 0.5) is 0 Å². The second-order valence-electron chi connectivity index (χ2n) is 6.95. The Balaban J connectivity index is 1.60. The fourth-order valence-electron chi connectivity index (χ4n) is 2.92. The van der Waals surface area contributed by atoms with Gasteiger partial charge >= 0.3 is 0 Å². The SMILES string of the molecule is C=C(/C=C\c1cc(CCCCCCNCCC)c[nH]1)OCc1ccccc1. The van der Waals surface area contributed by atoms with Gasteiger partial charge < -0.3 is 15.0 Å². The number of ether oxygens (including phenoxy) is 1. The highest BCUT2D eigenvalue weighted by Gasteiger charge is 1.98. The van der Waals surface area contributed by atoms with Crippen LogP contribution in [0.1, 0.15) is 55.8 Å². The molecule has 0 aliphatic rings. The van der Waals surface area contributed by atoms with Gasteiger partial charge in [0.05, 0.1) is 0 Å². The van der Waals surface area contributed by atoms with Crippen LogP contribution in [0.5, 0.6) is 0 Å². The molecule has 0 bridgehead atoms. The third kappa shape index (κ3) is 9.30. The van der Waals surface area contributed by atoms with Crippen molar-refractivity contribution in [3.8, 4) is 0 Å². The molecule has 1 aromatic heterocycles. The Morgan fingerprint density at radius 1 is 1.07 bits per heavy atom. The molecule has 0 spiro atoms. The molecule has 0 fully saturated rings. The van der Waals surface area contributed by atoms with E-state index in [0.717, 1.165) is 30.8 Å². The molecule has 1 aromatic carbocycles. The summed E-state index contributed by atoms with van der Waals surface area (Å²) in [7, 11) is 0. The van der Waals surface area contributed by atoms with E-state index in [1.54, 1.807) is 0 Å². The van der Waals surface area contributed by atoms with E-state index in [2.05, 4.69) is 48.2 Å². The zero-order valence-corrected chi connectivity index (χ0v) is 16.7. The van der Waals surface area contributed by atoms with Gasteiger partial charge in [0.2, 0.25) is 0 Å². The van der Waals surface area contributed by atoms with E-state index in [4.69, 9.17) is 4.74 Å². The first kappa shape index (κ1) is 21.0. The summed E-state index contributed by atoms with van der Waals surface area (Å²) < 4.78 is 5.68. The highest BCUT2D eigenvalue weighted by atomic mass is 16.5. The third-order valence-electron chi connectivity index (χ3n) is 4.48. The Labute approximate surface area is 164 Å². The van der Waals surface area contributed by atoms with Crippen LogP contribution in [0, 0.1) is 0 Å². The number of allylic oxidation sites excluding steroid dienone is 1. The minimum atomic E-state index is 0.550. The fourth-order valence-corrected chi connectivity index (χ4v) is 2.92. The lowest BCUT2D eigenvalue weighted by Crippen LogP contribution is -2.15. The van der Waals surface area contributed by atoms with Crippen molar-refractivity contribution in [3.63, 3.8) is 0 Å². The van der Waals surface area contributed by atoms with E-state index >= 15 is 0 Å². The van der Waals surface area contributed by atoms with Crippen LogP contribution in [0.3, 0.4) is 0 Å². The predicted molar refractivity (Wildman–Crippen MR) is 116 cm³/mol. The lowest BCUT2D eigenvalue weighted by Gasteiger charge is -2.05. The molecular formula is C24H34N2O. The van der Waals surface area contributed by atoms with Crippen LogP contribution in [-0.2, 0) is 17.8 Å². The normalized spacial score (nSPS) is 11.1. The zero-order chi connectivity index (χ0) is 19.2. The molecule has 0 radical (unpaired) electrons. The molecule has 0 aliphatic carbocycles. The number of H-pyrrole nitrogens is 1. The van der Waals surface area contributed by atoms with E-state index in [0.29, 0.717) is 12.4 Å². The van der Waals surface area contributed by atoms with E-state index in [1.165, 1.54) is 37.7 Å². The lowest BCUT2D eigenvalue weighted by atomic mass is 10.1. The second kappa shape index (κ2) is 13.0. The Bertz CT molecular complexity index is 673. The van der Waals surface area contributed by atoms with Crippen LogP contribution < -0.4 is 5.32 Å². The molecule has 3 heteroatoms. The molecule has 0 unspecified atom stereocenters. The number of hydrogen-bond acceptors (Lipinski definition) is 2. The number of nitrogens with one attached hydrogen (secondary N) is 2. The topological polar surface area (TPSA) is 37.0 Å². The molecule has 0 aliphatic heterocycles. The zero-order valence-electron chi connectivity index (χ0n) is 16.7.